The molecule has 126 valence electrons. The maximum absolute atomic E-state index is 14.2. The van der Waals surface area contributed by atoms with Crippen LogP contribution < -0.4 is 11.2 Å². The van der Waals surface area contributed by atoms with Crippen molar-refractivity contribution < 1.29 is 13.9 Å². The number of anilines is 1. The Bertz CT molecular complexity index is 914. The van der Waals surface area contributed by atoms with Crippen LogP contribution in [-0.4, -0.2) is 30.4 Å². The van der Waals surface area contributed by atoms with Crippen molar-refractivity contribution in [2.75, 3.05) is 19.4 Å². The summed E-state index contributed by atoms with van der Waals surface area (Å²) in [5.74, 6) is -1.42. The molecule has 1 aliphatic carbocycles. The van der Waals surface area contributed by atoms with Gasteiger partial charge in [-0.15, -0.1) is 0 Å². The van der Waals surface area contributed by atoms with E-state index in [1.807, 2.05) is 4.57 Å². The number of nitrogens with zero attached hydrogens (tertiary/aromatic N) is 2. The second-order valence-electron chi connectivity index (χ2n) is 5.70. The SMILES string of the molecule is CCOC(=O)c1cn(C2CC2)c2c(C=NC)c(N)c(F)cc2c1=O. The summed E-state index contributed by atoms with van der Waals surface area (Å²) in [5, 5.41) is 0.106. The molecule has 0 unspecified atom stereocenters. The fourth-order valence-electron chi connectivity index (χ4n) is 2.79. The van der Waals surface area contributed by atoms with Crippen LogP contribution in [0.5, 0.6) is 0 Å². The van der Waals surface area contributed by atoms with Gasteiger partial charge in [0.1, 0.15) is 11.4 Å². The number of hydrogen-bond acceptors (Lipinski definition) is 5. The minimum absolute atomic E-state index is 0.0641. The lowest BCUT2D eigenvalue weighted by molar-refractivity contribution is 0.0524. The number of halogens is 1. The Morgan fingerprint density at radius 2 is 2.25 bits per heavy atom. The average molecular weight is 331 g/mol. The van der Waals surface area contributed by atoms with Crippen molar-refractivity contribution in [3.63, 3.8) is 0 Å². The Labute approximate surface area is 137 Å². The highest BCUT2D eigenvalue weighted by molar-refractivity contribution is 6.05. The average Bonchev–Trinajstić information content (AvgIpc) is 3.38. The predicted octanol–water partition coefficient (Wildman–Crippen LogP) is 2.28. The number of carbonyl (C=O) groups is 1. The van der Waals surface area contributed by atoms with E-state index in [1.54, 1.807) is 14.0 Å². The third-order valence-corrected chi connectivity index (χ3v) is 4.04. The fourth-order valence-corrected chi connectivity index (χ4v) is 2.79. The largest absolute Gasteiger partial charge is 0.462 e. The van der Waals surface area contributed by atoms with Gasteiger partial charge in [-0.3, -0.25) is 9.79 Å². The number of fused-ring (bicyclic) bond motifs is 1. The van der Waals surface area contributed by atoms with E-state index in [2.05, 4.69) is 4.99 Å². The van der Waals surface area contributed by atoms with E-state index in [4.69, 9.17) is 10.5 Å². The third kappa shape index (κ3) is 2.55. The van der Waals surface area contributed by atoms with E-state index >= 15 is 0 Å². The topological polar surface area (TPSA) is 86.7 Å². The van der Waals surface area contributed by atoms with E-state index in [9.17, 15) is 14.0 Å². The highest BCUT2D eigenvalue weighted by Crippen LogP contribution is 2.38. The number of aliphatic imine (C=N–C) groups is 1. The van der Waals surface area contributed by atoms with Gasteiger partial charge in [-0.2, -0.15) is 0 Å². The molecule has 0 spiro atoms. The first kappa shape index (κ1) is 16.2. The number of esters is 1. The van der Waals surface area contributed by atoms with Gasteiger partial charge in [0, 0.05) is 31.1 Å². The number of ether oxygens (including phenoxy) is 1. The van der Waals surface area contributed by atoms with Gasteiger partial charge in [-0.25, -0.2) is 9.18 Å². The molecular formula is C17H18FN3O3. The van der Waals surface area contributed by atoms with Gasteiger partial charge in [-0.1, -0.05) is 0 Å². The van der Waals surface area contributed by atoms with Crippen LogP contribution in [0.2, 0.25) is 0 Å². The van der Waals surface area contributed by atoms with Crippen molar-refractivity contribution >= 4 is 28.8 Å². The van der Waals surface area contributed by atoms with Gasteiger partial charge in [0.05, 0.1) is 23.2 Å². The Morgan fingerprint density at radius 1 is 1.54 bits per heavy atom. The third-order valence-electron chi connectivity index (χ3n) is 4.04. The van der Waals surface area contributed by atoms with Gasteiger partial charge in [0.15, 0.2) is 0 Å². The number of pyridine rings is 1. The quantitative estimate of drug-likeness (QED) is 0.529. The van der Waals surface area contributed by atoms with Crippen LogP contribution in [0.1, 0.15) is 41.7 Å². The summed E-state index contributed by atoms with van der Waals surface area (Å²) in [6, 6.07) is 1.23. The van der Waals surface area contributed by atoms with Gasteiger partial charge in [0.2, 0.25) is 5.43 Å². The molecule has 0 bridgehead atoms. The van der Waals surface area contributed by atoms with Crippen molar-refractivity contribution in [1.82, 2.24) is 4.57 Å². The smallest absolute Gasteiger partial charge is 0.343 e. The van der Waals surface area contributed by atoms with Crippen LogP contribution >= 0.6 is 0 Å². The van der Waals surface area contributed by atoms with Gasteiger partial charge in [0.25, 0.3) is 0 Å². The molecule has 3 rings (SSSR count). The maximum Gasteiger partial charge on any atom is 0.343 e. The molecule has 0 aliphatic heterocycles. The van der Waals surface area contributed by atoms with E-state index in [1.165, 1.54) is 12.4 Å². The zero-order valence-corrected chi connectivity index (χ0v) is 13.5. The molecule has 0 saturated heterocycles. The van der Waals surface area contributed by atoms with E-state index in [0.717, 1.165) is 18.9 Å². The summed E-state index contributed by atoms with van der Waals surface area (Å²) in [6.07, 6.45) is 4.76. The maximum atomic E-state index is 14.2. The van der Waals surface area contributed by atoms with Crippen molar-refractivity contribution in [1.29, 1.82) is 0 Å². The lowest BCUT2D eigenvalue weighted by Gasteiger charge is -2.16. The molecular weight excluding hydrogens is 313 g/mol. The molecule has 2 N–H and O–H groups in total. The van der Waals surface area contributed by atoms with Crippen LogP contribution in [0, 0.1) is 5.82 Å². The number of benzene rings is 1. The molecule has 0 atom stereocenters. The molecule has 24 heavy (non-hydrogen) atoms. The van der Waals surface area contributed by atoms with Crippen LogP contribution in [0.25, 0.3) is 10.9 Å². The minimum atomic E-state index is -0.710. The highest BCUT2D eigenvalue weighted by Gasteiger charge is 2.29. The van der Waals surface area contributed by atoms with E-state index < -0.39 is 17.2 Å². The summed E-state index contributed by atoms with van der Waals surface area (Å²) in [6.45, 7) is 1.82. The highest BCUT2D eigenvalue weighted by atomic mass is 19.1. The van der Waals surface area contributed by atoms with Gasteiger partial charge < -0.3 is 15.0 Å². The van der Waals surface area contributed by atoms with Crippen molar-refractivity contribution in [2.45, 2.75) is 25.8 Å². The lowest BCUT2D eigenvalue weighted by Crippen LogP contribution is -2.22. The first-order valence-electron chi connectivity index (χ1n) is 7.75. The number of carbonyl (C=O) groups excluding carboxylic acids is 1. The Balaban J connectivity index is 2.43. The van der Waals surface area contributed by atoms with Crippen LogP contribution in [0.3, 0.4) is 0 Å². The Morgan fingerprint density at radius 3 is 2.83 bits per heavy atom. The van der Waals surface area contributed by atoms with Gasteiger partial charge >= 0.3 is 5.97 Å². The number of nitrogens with two attached hydrogens (primary N) is 1. The van der Waals surface area contributed by atoms with Crippen molar-refractivity contribution in [2.24, 2.45) is 4.99 Å². The van der Waals surface area contributed by atoms with Gasteiger partial charge in [-0.05, 0) is 25.8 Å². The molecule has 6 nitrogen and oxygen atoms in total. The minimum Gasteiger partial charge on any atom is -0.462 e. The molecule has 1 aliphatic rings. The normalized spacial score (nSPS) is 14.5. The molecule has 0 radical (unpaired) electrons. The number of hydrogen-bond donors (Lipinski definition) is 1. The zero-order valence-electron chi connectivity index (χ0n) is 13.5. The molecule has 0 amide bonds. The fraction of sp³-hybridized carbons (Fsp3) is 0.353. The standard InChI is InChI=1S/C17H18FN3O3/c1-3-24-17(23)12-8-21(9-4-5-9)15-10(16(12)22)6-13(18)14(19)11(15)7-20-2/h6-9H,3-5,19H2,1-2H3. The monoisotopic (exact) mass is 331 g/mol. The van der Waals surface area contributed by atoms with Crippen LogP contribution in [-0.2, 0) is 4.74 Å². The van der Waals surface area contributed by atoms with Crippen LogP contribution in [0.15, 0.2) is 22.1 Å². The summed E-state index contributed by atoms with van der Waals surface area (Å²) < 4.78 is 21.0. The molecule has 7 heteroatoms. The van der Waals surface area contributed by atoms with Crippen molar-refractivity contribution in [3.05, 3.63) is 39.4 Å². The van der Waals surface area contributed by atoms with Crippen LogP contribution in [0.4, 0.5) is 10.1 Å². The van der Waals surface area contributed by atoms with E-state index in [0.29, 0.717) is 11.1 Å². The summed E-state index contributed by atoms with van der Waals surface area (Å²) in [4.78, 5) is 28.7. The molecule has 1 aromatic heterocycles. The number of nitrogen functional groups attached to an aromatic ring is 1. The molecule has 1 fully saturated rings. The summed E-state index contributed by atoms with van der Waals surface area (Å²) >= 11 is 0. The lowest BCUT2D eigenvalue weighted by atomic mass is 10.0. The Hall–Kier alpha value is -2.70. The summed E-state index contributed by atoms with van der Waals surface area (Å²) in [7, 11) is 1.54. The van der Waals surface area contributed by atoms with E-state index in [-0.39, 0.29) is 29.3 Å². The predicted molar refractivity (Wildman–Crippen MR) is 90.3 cm³/mol. The second kappa shape index (κ2) is 6.07. The number of aromatic nitrogens is 1. The van der Waals surface area contributed by atoms with Crippen molar-refractivity contribution in [3.8, 4) is 0 Å². The molecule has 1 heterocycles. The molecule has 1 saturated carbocycles. The molecule has 1 aromatic carbocycles. The summed E-state index contributed by atoms with van der Waals surface area (Å²) in [5.41, 5.74) is 5.97. The zero-order chi connectivity index (χ0) is 17.4. The molecule has 2 aromatic rings. The first-order valence-corrected chi connectivity index (χ1v) is 7.75. The first-order chi connectivity index (χ1) is 11.5. The number of rotatable bonds is 4. The second-order valence-corrected chi connectivity index (χ2v) is 5.70. The Kier molecular flexibility index (Phi) is 4.09.